The molecule has 1 saturated carbocycles. The van der Waals surface area contributed by atoms with Crippen LogP contribution >= 0.6 is 0 Å². The highest BCUT2D eigenvalue weighted by Crippen LogP contribution is 2.44. The first-order chi connectivity index (χ1) is 11.6. The summed E-state index contributed by atoms with van der Waals surface area (Å²) in [4.78, 5) is 17.5. The van der Waals surface area contributed by atoms with Crippen LogP contribution in [0.2, 0.25) is 0 Å². The highest BCUT2D eigenvalue weighted by Gasteiger charge is 2.46. The van der Waals surface area contributed by atoms with Gasteiger partial charge in [-0.3, -0.25) is 4.79 Å². The predicted octanol–water partition coefficient (Wildman–Crippen LogP) is 2.88. The molecule has 126 valence electrons. The molecule has 0 spiro atoms. The maximum absolute atomic E-state index is 13.6. The average Bonchev–Trinajstić information content (AvgIpc) is 2.85. The van der Waals surface area contributed by atoms with E-state index in [1.165, 1.54) is 12.1 Å². The van der Waals surface area contributed by atoms with Crippen LogP contribution in [0.4, 0.5) is 4.39 Å². The molecule has 1 amide bonds. The summed E-state index contributed by atoms with van der Waals surface area (Å²) in [5, 5.41) is 3.22. The van der Waals surface area contributed by atoms with Gasteiger partial charge in [0.05, 0.1) is 11.1 Å². The monoisotopic (exact) mass is 327 g/mol. The molecule has 1 aliphatic heterocycles. The standard InChI is InChI=1S/C19H22FN3O/c1-13-11-23-12-16(6-7-17(23)21-13)22-18(24)19(8-3-9-19)14-4-2-5-15(20)10-14/h2,4-5,10-11,16H,3,6-9,12H2,1H3,(H,22,24)/t16-/m1/s1. The molecule has 2 aromatic rings. The topological polar surface area (TPSA) is 46.9 Å². The fraction of sp³-hybridized carbons (Fsp3) is 0.474. The van der Waals surface area contributed by atoms with Crippen LogP contribution in [0.1, 0.15) is 42.8 Å². The van der Waals surface area contributed by atoms with E-state index in [0.717, 1.165) is 55.7 Å². The zero-order valence-corrected chi connectivity index (χ0v) is 13.9. The van der Waals surface area contributed by atoms with E-state index in [9.17, 15) is 9.18 Å². The lowest BCUT2D eigenvalue weighted by atomic mass is 9.63. The van der Waals surface area contributed by atoms with E-state index in [0.29, 0.717) is 0 Å². The van der Waals surface area contributed by atoms with Gasteiger partial charge in [0.2, 0.25) is 5.91 Å². The van der Waals surface area contributed by atoms with E-state index in [-0.39, 0.29) is 17.8 Å². The summed E-state index contributed by atoms with van der Waals surface area (Å²) in [6.07, 6.45) is 6.43. The van der Waals surface area contributed by atoms with Gasteiger partial charge in [-0.15, -0.1) is 0 Å². The van der Waals surface area contributed by atoms with Gasteiger partial charge in [0.15, 0.2) is 0 Å². The summed E-state index contributed by atoms with van der Waals surface area (Å²) in [5.41, 5.74) is 1.28. The lowest BCUT2D eigenvalue weighted by Gasteiger charge is -2.42. The highest BCUT2D eigenvalue weighted by atomic mass is 19.1. The lowest BCUT2D eigenvalue weighted by molar-refractivity contribution is -0.130. The Bertz CT molecular complexity index is 779. The third kappa shape index (κ3) is 2.52. The minimum absolute atomic E-state index is 0.0460. The number of amides is 1. The van der Waals surface area contributed by atoms with Crippen molar-refractivity contribution in [1.29, 1.82) is 0 Å². The molecule has 5 heteroatoms. The molecule has 0 unspecified atom stereocenters. The van der Waals surface area contributed by atoms with Crippen molar-refractivity contribution in [2.75, 3.05) is 0 Å². The fourth-order valence-electron chi connectivity index (χ4n) is 3.99. The second-order valence-corrected chi connectivity index (χ2v) is 7.11. The van der Waals surface area contributed by atoms with Crippen molar-refractivity contribution < 1.29 is 9.18 Å². The minimum Gasteiger partial charge on any atom is -0.351 e. The normalized spacial score (nSPS) is 21.7. The van der Waals surface area contributed by atoms with Gasteiger partial charge in [0.25, 0.3) is 0 Å². The summed E-state index contributed by atoms with van der Waals surface area (Å²) in [6.45, 7) is 2.76. The molecule has 0 radical (unpaired) electrons. The second kappa shape index (κ2) is 5.72. The number of rotatable bonds is 3. The third-order valence-electron chi connectivity index (χ3n) is 5.47. The number of nitrogens with zero attached hydrogens (tertiary/aromatic N) is 2. The van der Waals surface area contributed by atoms with E-state index in [1.54, 1.807) is 6.07 Å². The van der Waals surface area contributed by atoms with Crippen molar-refractivity contribution >= 4 is 5.91 Å². The van der Waals surface area contributed by atoms with Gasteiger partial charge in [0, 0.05) is 25.2 Å². The molecule has 1 atom stereocenters. The van der Waals surface area contributed by atoms with Gasteiger partial charge >= 0.3 is 0 Å². The zero-order chi connectivity index (χ0) is 16.7. The Labute approximate surface area is 141 Å². The summed E-state index contributed by atoms with van der Waals surface area (Å²) in [6, 6.07) is 6.62. The number of benzene rings is 1. The molecule has 1 fully saturated rings. The first-order valence-corrected chi connectivity index (χ1v) is 8.66. The average molecular weight is 327 g/mol. The van der Waals surface area contributed by atoms with Gasteiger partial charge in [-0.2, -0.15) is 0 Å². The number of hydrogen-bond acceptors (Lipinski definition) is 2. The molecule has 4 rings (SSSR count). The number of imidazole rings is 1. The molecular formula is C19H22FN3O. The summed E-state index contributed by atoms with van der Waals surface area (Å²) in [5.74, 6) is 0.869. The molecule has 0 saturated heterocycles. The summed E-state index contributed by atoms with van der Waals surface area (Å²) >= 11 is 0. The van der Waals surface area contributed by atoms with Crippen LogP contribution in [0, 0.1) is 12.7 Å². The molecule has 4 nitrogen and oxygen atoms in total. The Balaban J connectivity index is 1.51. The molecule has 1 aliphatic carbocycles. The van der Waals surface area contributed by atoms with Gasteiger partial charge in [-0.1, -0.05) is 18.6 Å². The Morgan fingerprint density at radius 3 is 2.96 bits per heavy atom. The SMILES string of the molecule is Cc1cn2c(n1)CC[C@@H](NC(=O)C1(c3cccc(F)c3)CCC1)C2. The zero-order valence-electron chi connectivity index (χ0n) is 13.9. The fourth-order valence-corrected chi connectivity index (χ4v) is 3.99. The van der Waals surface area contributed by atoms with Crippen LogP contribution in [0.15, 0.2) is 30.5 Å². The van der Waals surface area contributed by atoms with E-state index in [2.05, 4.69) is 14.9 Å². The molecule has 2 heterocycles. The number of nitrogens with one attached hydrogen (secondary N) is 1. The van der Waals surface area contributed by atoms with Crippen molar-refractivity contribution in [3.05, 3.63) is 53.4 Å². The van der Waals surface area contributed by atoms with E-state index < -0.39 is 5.41 Å². The van der Waals surface area contributed by atoms with Gasteiger partial charge in [0.1, 0.15) is 11.6 Å². The number of hydrogen-bond donors (Lipinski definition) is 1. The highest BCUT2D eigenvalue weighted by molar-refractivity contribution is 5.89. The number of aromatic nitrogens is 2. The van der Waals surface area contributed by atoms with Crippen LogP contribution in [0.25, 0.3) is 0 Å². The van der Waals surface area contributed by atoms with E-state index in [1.807, 2.05) is 19.2 Å². The van der Waals surface area contributed by atoms with Crippen LogP contribution in [0.3, 0.4) is 0 Å². The molecule has 1 N–H and O–H groups in total. The quantitative estimate of drug-likeness (QED) is 0.942. The Morgan fingerprint density at radius 1 is 1.42 bits per heavy atom. The second-order valence-electron chi connectivity index (χ2n) is 7.11. The molecule has 24 heavy (non-hydrogen) atoms. The Kier molecular flexibility index (Phi) is 3.66. The van der Waals surface area contributed by atoms with Crippen LogP contribution in [-0.4, -0.2) is 21.5 Å². The third-order valence-corrected chi connectivity index (χ3v) is 5.47. The number of carbonyl (C=O) groups excluding carboxylic acids is 1. The molecule has 0 bridgehead atoms. The Hall–Kier alpha value is -2.17. The number of halogens is 1. The minimum atomic E-state index is -0.548. The maximum atomic E-state index is 13.6. The van der Waals surface area contributed by atoms with Gasteiger partial charge in [-0.25, -0.2) is 9.37 Å². The van der Waals surface area contributed by atoms with Gasteiger partial charge in [-0.05, 0) is 43.9 Å². The molecule has 2 aliphatic rings. The first kappa shape index (κ1) is 15.4. The maximum Gasteiger partial charge on any atom is 0.230 e. The van der Waals surface area contributed by atoms with Crippen LogP contribution in [-0.2, 0) is 23.2 Å². The lowest BCUT2D eigenvalue weighted by Crippen LogP contribution is -2.53. The molecular weight excluding hydrogens is 305 g/mol. The van der Waals surface area contributed by atoms with Crippen molar-refractivity contribution in [2.45, 2.75) is 57.0 Å². The molecule has 1 aromatic carbocycles. The Morgan fingerprint density at radius 2 is 2.25 bits per heavy atom. The van der Waals surface area contributed by atoms with Crippen LogP contribution in [0.5, 0.6) is 0 Å². The number of carbonyl (C=O) groups is 1. The summed E-state index contributed by atoms with van der Waals surface area (Å²) < 4.78 is 15.7. The van der Waals surface area contributed by atoms with Gasteiger partial charge < -0.3 is 9.88 Å². The predicted molar refractivity (Wildman–Crippen MR) is 89.1 cm³/mol. The largest absolute Gasteiger partial charge is 0.351 e. The van der Waals surface area contributed by atoms with E-state index in [4.69, 9.17) is 0 Å². The van der Waals surface area contributed by atoms with E-state index >= 15 is 0 Å². The van der Waals surface area contributed by atoms with Crippen molar-refractivity contribution in [3.8, 4) is 0 Å². The van der Waals surface area contributed by atoms with Crippen LogP contribution < -0.4 is 5.32 Å². The molecule has 1 aromatic heterocycles. The van der Waals surface area contributed by atoms with Crippen molar-refractivity contribution in [1.82, 2.24) is 14.9 Å². The number of fused-ring (bicyclic) bond motifs is 1. The smallest absolute Gasteiger partial charge is 0.230 e. The summed E-state index contributed by atoms with van der Waals surface area (Å²) in [7, 11) is 0. The number of aryl methyl sites for hydroxylation is 2. The first-order valence-electron chi connectivity index (χ1n) is 8.66. The van der Waals surface area contributed by atoms with Crippen molar-refractivity contribution in [2.24, 2.45) is 0 Å². The van der Waals surface area contributed by atoms with Crippen molar-refractivity contribution in [3.63, 3.8) is 0 Å².